The summed E-state index contributed by atoms with van der Waals surface area (Å²) in [6.07, 6.45) is 9.63. The second kappa shape index (κ2) is 15.1. The molecule has 8 nitrogen and oxygen atoms in total. The number of halogens is 1. The highest BCUT2D eigenvalue weighted by Gasteiger charge is 2.21. The normalized spacial score (nSPS) is 20.9. The fraction of sp³-hybridized carbons (Fsp3) is 0.870. The van der Waals surface area contributed by atoms with E-state index in [9.17, 15) is 0 Å². The lowest BCUT2D eigenvalue weighted by Gasteiger charge is -2.34. The molecule has 184 valence electrons. The average molecular weight is 562 g/mol. The molecule has 2 N–H and O–H groups in total. The zero-order valence-corrected chi connectivity index (χ0v) is 22.6. The molecule has 0 bridgehead atoms. The molecule has 1 aromatic rings. The summed E-state index contributed by atoms with van der Waals surface area (Å²) in [5.74, 6) is 3.34. The van der Waals surface area contributed by atoms with Gasteiger partial charge in [0.25, 0.3) is 0 Å². The van der Waals surface area contributed by atoms with Crippen molar-refractivity contribution in [3.05, 3.63) is 12.2 Å². The van der Waals surface area contributed by atoms with Crippen LogP contribution >= 0.6 is 24.0 Å². The fourth-order valence-corrected chi connectivity index (χ4v) is 4.60. The summed E-state index contributed by atoms with van der Waals surface area (Å²) < 4.78 is 8.13. The standard InChI is InChI=1S/C23H43N7O.HI/c1-4-22-28-27-18-30(22)11-10-24-23(25-14-20-8-6-5-7-9-20)26-15-21-17-29(12-13-31-21)16-19(2)3;/h18-21H,4-17H2,1-3H3,(H2,24,25,26);1H. The number of rotatable bonds is 10. The molecule has 0 amide bonds. The van der Waals surface area contributed by atoms with E-state index in [1.807, 2.05) is 6.33 Å². The number of aliphatic imine (C=N–C) groups is 1. The van der Waals surface area contributed by atoms with E-state index in [2.05, 4.69) is 51.1 Å². The van der Waals surface area contributed by atoms with Crippen LogP contribution in [0.15, 0.2) is 11.3 Å². The average Bonchev–Trinajstić information content (AvgIpc) is 3.23. The number of morpholine rings is 1. The van der Waals surface area contributed by atoms with Crippen LogP contribution < -0.4 is 10.6 Å². The Morgan fingerprint density at radius 3 is 2.81 bits per heavy atom. The first-order chi connectivity index (χ1) is 15.1. The predicted octanol–water partition coefficient (Wildman–Crippen LogP) is 2.93. The van der Waals surface area contributed by atoms with Crippen LogP contribution in [0.5, 0.6) is 0 Å². The van der Waals surface area contributed by atoms with Crippen molar-refractivity contribution in [2.24, 2.45) is 16.8 Å². The zero-order chi connectivity index (χ0) is 21.9. The molecule has 2 fully saturated rings. The van der Waals surface area contributed by atoms with Gasteiger partial charge in [0.05, 0.1) is 12.7 Å². The van der Waals surface area contributed by atoms with Gasteiger partial charge >= 0.3 is 0 Å². The van der Waals surface area contributed by atoms with Gasteiger partial charge in [0.1, 0.15) is 12.2 Å². The number of guanidine groups is 1. The molecule has 2 aliphatic rings. The Morgan fingerprint density at radius 1 is 1.25 bits per heavy atom. The highest BCUT2D eigenvalue weighted by atomic mass is 127. The molecular weight excluding hydrogens is 517 g/mol. The van der Waals surface area contributed by atoms with Gasteiger partial charge in [0, 0.05) is 52.2 Å². The molecule has 0 aromatic carbocycles. The lowest BCUT2D eigenvalue weighted by molar-refractivity contribution is -0.0284. The second-order valence-electron chi connectivity index (χ2n) is 9.44. The van der Waals surface area contributed by atoms with Crippen molar-refractivity contribution >= 4 is 29.9 Å². The van der Waals surface area contributed by atoms with Crippen molar-refractivity contribution in [1.29, 1.82) is 0 Å². The molecule has 1 atom stereocenters. The highest BCUT2D eigenvalue weighted by molar-refractivity contribution is 14.0. The fourth-order valence-electron chi connectivity index (χ4n) is 4.60. The number of hydrogen-bond acceptors (Lipinski definition) is 5. The molecule has 32 heavy (non-hydrogen) atoms. The monoisotopic (exact) mass is 561 g/mol. The van der Waals surface area contributed by atoms with Gasteiger partial charge < -0.3 is 19.9 Å². The van der Waals surface area contributed by atoms with E-state index >= 15 is 0 Å². The van der Waals surface area contributed by atoms with E-state index in [1.165, 1.54) is 32.1 Å². The van der Waals surface area contributed by atoms with Gasteiger partial charge in [-0.05, 0) is 24.7 Å². The van der Waals surface area contributed by atoms with E-state index < -0.39 is 0 Å². The summed E-state index contributed by atoms with van der Waals surface area (Å²) in [4.78, 5) is 7.46. The smallest absolute Gasteiger partial charge is 0.191 e. The second-order valence-corrected chi connectivity index (χ2v) is 9.44. The molecule has 0 radical (unpaired) electrons. The predicted molar refractivity (Wildman–Crippen MR) is 141 cm³/mol. The molecule has 1 aromatic heterocycles. The van der Waals surface area contributed by atoms with Gasteiger partial charge in [-0.1, -0.05) is 40.0 Å². The van der Waals surface area contributed by atoms with Crippen LogP contribution in [0.25, 0.3) is 0 Å². The summed E-state index contributed by atoms with van der Waals surface area (Å²) in [5, 5.41) is 15.3. The van der Waals surface area contributed by atoms with Crippen LogP contribution in [-0.2, 0) is 17.7 Å². The minimum Gasteiger partial charge on any atom is -0.374 e. The maximum atomic E-state index is 6.02. The van der Waals surface area contributed by atoms with Gasteiger partial charge in [0.15, 0.2) is 5.96 Å². The van der Waals surface area contributed by atoms with Gasteiger partial charge in [-0.2, -0.15) is 0 Å². The molecule has 1 saturated heterocycles. The van der Waals surface area contributed by atoms with Gasteiger partial charge in [-0.25, -0.2) is 0 Å². The van der Waals surface area contributed by atoms with E-state index in [0.717, 1.165) is 76.5 Å². The lowest BCUT2D eigenvalue weighted by Crippen LogP contribution is -2.50. The number of hydrogen-bond donors (Lipinski definition) is 2. The molecular formula is C23H44IN7O. The summed E-state index contributed by atoms with van der Waals surface area (Å²) in [6.45, 7) is 14.0. The topological polar surface area (TPSA) is 79.6 Å². The molecule has 9 heteroatoms. The number of ether oxygens (including phenoxy) is 1. The Kier molecular flexibility index (Phi) is 12.8. The van der Waals surface area contributed by atoms with Gasteiger partial charge in [-0.15, -0.1) is 34.2 Å². The molecule has 1 aliphatic carbocycles. The van der Waals surface area contributed by atoms with Crippen molar-refractivity contribution < 1.29 is 4.74 Å². The van der Waals surface area contributed by atoms with Crippen LogP contribution in [0, 0.1) is 11.8 Å². The minimum absolute atomic E-state index is 0. The minimum atomic E-state index is 0. The molecule has 1 saturated carbocycles. The Morgan fingerprint density at radius 2 is 2.06 bits per heavy atom. The third kappa shape index (κ3) is 9.51. The summed E-state index contributed by atoms with van der Waals surface area (Å²) in [5.41, 5.74) is 0. The third-order valence-electron chi connectivity index (χ3n) is 6.23. The van der Waals surface area contributed by atoms with Crippen molar-refractivity contribution in [2.75, 3.05) is 45.9 Å². The molecule has 1 unspecified atom stereocenters. The first kappa shape index (κ1) is 27.3. The number of nitrogens with one attached hydrogen (secondary N) is 2. The zero-order valence-electron chi connectivity index (χ0n) is 20.3. The molecule has 0 spiro atoms. The Labute approximate surface area is 211 Å². The van der Waals surface area contributed by atoms with Crippen LogP contribution in [0.1, 0.15) is 58.7 Å². The van der Waals surface area contributed by atoms with Crippen molar-refractivity contribution in [3.8, 4) is 0 Å². The van der Waals surface area contributed by atoms with Crippen LogP contribution in [0.3, 0.4) is 0 Å². The van der Waals surface area contributed by atoms with E-state index in [1.54, 1.807) is 0 Å². The maximum absolute atomic E-state index is 6.02. The Hall–Kier alpha value is -0.940. The van der Waals surface area contributed by atoms with Crippen LogP contribution in [0.4, 0.5) is 0 Å². The highest BCUT2D eigenvalue weighted by Crippen LogP contribution is 2.23. The van der Waals surface area contributed by atoms with Crippen LogP contribution in [-0.4, -0.2) is 77.6 Å². The SMILES string of the molecule is CCc1nncn1CCNC(=NCC1CCCCC1)NCC1CN(CC(C)C)CCO1.I. The number of aryl methyl sites for hydroxylation is 1. The Balaban J connectivity index is 0.00000363. The molecule has 1 aliphatic heterocycles. The van der Waals surface area contributed by atoms with Crippen LogP contribution in [0.2, 0.25) is 0 Å². The molecule has 2 heterocycles. The lowest BCUT2D eigenvalue weighted by atomic mass is 9.89. The Bertz CT molecular complexity index is 661. The largest absolute Gasteiger partial charge is 0.374 e. The maximum Gasteiger partial charge on any atom is 0.191 e. The number of aromatic nitrogens is 3. The van der Waals surface area contributed by atoms with E-state index in [4.69, 9.17) is 9.73 Å². The van der Waals surface area contributed by atoms with E-state index in [0.29, 0.717) is 5.92 Å². The first-order valence-electron chi connectivity index (χ1n) is 12.4. The van der Waals surface area contributed by atoms with Gasteiger partial charge in [0.2, 0.25) is 0 Å². The van der Waals surface area contributed by atoms with E-state index in [-0.39, 0.29) is 30.1 Å². The quantitative estimate of drug-likeness (QED) is 0.260. The third-order valence-corrected chi connectivity index (χ3v) is 6.23. The van der Waals surface area contributed by atoms with Gasteiger partial charge in [-0.3, -0.25) is 9.89 Å². The molecule has 3 rings (SSSR count). The summed E-state index contributed by atoms with van der Waals surface area (Å²) >= 11 is 0. The van der Waals surface area contributed by atoms with Crippen molar-refractivity contribution in [3.63, 3.8) is 0 Å². The van der Waals surface area contributed by atoms with Crippen molar-refractivity contribution in [1.82, 2.24) is 30.3 Å². The van der Waals surface area contributed by atoms with Crippen molar-refractivity contribution in [2.45, 2.75) is 71.9 Å². The summed E-state index contributed by atoms with van der Waals surface area (Å²) in [6, 6.07) is 0. The summed E-state index contributed by atoms with van der Waals surface area (Å²) in [7, 11) is 0. The number of nitrogens with zero attached hydrogens (tertiary/aromatic N) is 5. The first-order valence-corrected chi connectivity index (χ1v) is 12.4.